The molecule has 2 aromatic heterocycles. The van der Waals surface area contributed by atoms with Crippen LogP contribution in [0.1, 0.15) is 13.0 Å². The number of nitrogens with zero attached hydrogens (tertiary/aromatic N) is 6. The molecule has 1 aliphatic heterocycles. The maximum absolute atomic E-state index is 12.7. The van der Waals surface area contributed by atoms with E-state index in [1.54, 1.807) is 6.07 Å². The number of rotatable bonds is 4. The summed E-state index contributed by atoms with van der Waals surface area (Å²) < 4.78 is 25.9. The maximum Gasteiger partial charge on any atom is 0.407 e. The third-order valence-corrected chi connectivity index (χ3v) is 4.14. The molecule has 1 aliphatic rings. The van der Waals surface area contributed by atoms with Crippen molar-refractivity contribution < 1.29 is 18.7 Å². The molecule has 25 heavy (non-hydrogen) atoms. The highest BCUT2D eigenvalue weighted by molar-refractivity contribution is 5.65. The first-order chi connectivity index (χ1) is 11.8. The molecule has 11 heteroatoms. The molecule has 0 spiro atoms. The van der Waals surface area contributed by atoms with Gasteiger partial charge in [0.05, 0.1) is 11.7 Å². The lowest BCUT2D eigenvalue weighted by atomic mass is 10.2. The minimum atomic E-state index is -2.74. The highest BCUT2D eigenvalue weighted by Crippen LogP contribution is 2.26. The van der Waals surface area contributed by atoms with Crippen molar-refractivity contribution in [3.8, 4) is 11.4 Å². The van der Waals surface area contributed by atoms with E-state index in [9.17, 15) is 13.6 Å². The second-order valence-electron chi connectivity index (χ2n) is 5.71. The lowest BCUT2D eigenvalue weighted by Gasteiger charge is -2.22. The zero-order valence-corrected chi connectivity index (χ0v) is 13.4. The number of alkyl halides is 2. The van der Waals surface area contributed by atoms with Crippen LogP contribution in [0.4, 0.5) is 25.3 Å². The van der Waals surface area contributed by atoms with Crippen LogP contribution < -0.4 is 10.6 Å². The Labute approximate surface area is 141 Å². The van der Waals surface area contributed by atoms with Crippen LogP contribution in [0.25, 0.3) is 11.4 Å². The first kappa shape index (κ1) is 16.9. The molecule has 0 radical (unpaired) electrons. The molecule has 3 N–H and O–H groups in total. The molecule has 1 fully saturated rings. The Morgan fingerprint density at radius 3 is 2.84 bits per heavy atom. The van der Waals surface area contributed by atoms with E-state index in [1.165, 1.54) is 18.0 Å². The summed E-state index contributed by atoms with van der Waals surface area (Å²) in [5.41, 5.74) is 6.33. The number of likely N-dealkylation sites (N-methyl/N-ethyl adjacent to an activating group) is 1. The maximum atomic E-state index is 12.7. The lowest BCUT2D eigenvalue weighted by molar-refractivity contribution is 0.0568. The van der Waals surface area contributed by atoms with Crippen LogP contribution in [0.3, 0.4) is 0 Å². The Kier molecular flexibility index (Phi) is 4.38. The van der Waals surface area contributed by atoms with Crippen molar-refractivity contribution in [2.24, 2.45) is 0 Å². The average molecular weight is 353 g/mol. The van der Waals surface area contributed by atoms with Gasteiger partial charge in [-0.2, -0.15) is 18.9 Å². The number of carboxylic acid groups (broad SMARTS) is 1. The van der Waals surface area contributed by atoms with Gasteiger partial charge in [0.15, 0.2) is 0 Å². The molecule has 1 atom stereocenters. The Morgan fingerprint density at radius 2 is 2.20 bits per heavy atom. The van der Waals surface area contributed by atoms with Crippen LogP contribution in [0, 0.1) is 0 Å². The molecule has 1 saturated heterocycles. The van der Waals surface area contributed by atoms with Gasteiger partial charge in [-0.15, -0.1) is 0 Å². The minimum Gasteiger partial charge on any atom is -0.465 e. The quantitative estimate of drug-likeness (QED) is 0.856. The lowest BCUT2D eigenvalue weighted by Crippen LogP contribution is -2.38. The van der Waals surface area contributed by atoms with Gasteiger partial charge in [-0.3, -0.25) is 0 Å². The molecule has 0 aromatic carbocycles. The van der Waals surface area contributed by atoms with Crippen LogP contribution in [0.2, 0.25) is 0 Å². The number of anilines is 2. The van der Waals surface area contributed by atoms with Crippen molar-refractivity contribution >= 4 is 17.9 Å². The van der Waals surface area contributed by atoms with Crippen molar-refractivity contribution in [1.82, 2.24) is 24.6 Å². The van der Waals surface area contributed by atoms with Crippen LogP contribution in [0.5, 0.6) is 0 Å². The van der Waals surface area contributed by atoms with Crippen molar-refractivity contribution in [2.45, 2.75) is 19.0 Å². The second-order valence-corrected chi connectivity index (χ2v) is 5.71. The fourth-order valence-corrected chi connectivity index (χ4v) is 2.75. The number of aromatic nitrogens is 4. The molecule has 1 unspecified atom stereocenters. The zero-order chi connectivity index (χ0) is 18.1. The summed E-state index contributed by atoms with van der Waals surface area (Å²) in [6.45, 7) is -1.67. The first-order valence-electron chi connectivity index (χ1n) is 7.54. The van der Waals surface area contributed by atoms with E-state index in [1.807, 2.05) is 4.90 Å². The Hall–Kier alpha value is -2.98. The van der Waals surface area contributed by atoms with Crippen molar-refractivity contribution in [3.05, 3.63) is 18.3 Å². The summed E-state index contributed by atoms with van der Waals surface area (Å²) in [5, 5.41) is 12.8. The van der Waals surface area contributed by atoms with Gasteiger partial charge in [0.1, 0.15) is 11.5 Å². The summed E-state index contributed by atoms with van der Waals surface area (Å²) in [4.78, 5) is 22.4. The van der Waals surface area contributed by atoms with E-state index in [2.05, 4.69) is 15.1 Å². The molecular weight excluding hydrogens is 336 g/mol. The SMILES string of the molecule is CN(C(=O)O)C1CCN(c2cc(-c3ccn(C(F)F)n3)nc(N)n2)C1. The standard InChI is InChI=1S/C14H17F2N7O2/c1-21(14(24)25)8-2-4-22(7-8)11-6-10(18-13(17)19-11)9-3-5-23(20-9)12(15)16/h3,5-6,8,12H,2,4,7H2,1H3,(H,24,25)(H2,17,18,19). The summed E-state index contributed by atoms with van der Waals surface area (Å²) in [7, 11) is 1.52. The second kappa shape index (κ2) is 6.49. The molecule has 1 amide bonds. The van der Waals surface area contributed by atoms with Crippen LogP contribution in [-0.4, -0.2) is 62.0 Å². The molecule has 0 bridgehead atoms. The molecule has 3 heterocycles. The normalized spacial score (nSPS) is 17.3. The van der Waals surface area contributed by atoms with E-state index in [-0.39, 0.29) is 17.7 Å². The van der Waals surface area contributed by atoms with Gasteiger partial charge in [-0.1, -0.05) is 0 Å². The van der Waals surface area contributed by atoms with Crippen molar-refractivity contribution in [3.63, 3.8) is 0 Å². The largest absolute Gasteiger partial charge is 0.465 e. The molecule has 0 saturated carbocycles. The van der Waals surface area contributed by atoms with Gasteiger partial charge >= 0.3 is 12.6 Å². The molecule has 3 rings (SSSR count). The summed E-state index contributed by atoms with van der Waals surface area (Å²) in [6, 6.07) is 2.87. The average Bonchev–Trinajstić information content (AvgIpc) is 3.23. The Bertz CT molecular complexity index is 782. The fourth-order valence-electron chi connectivity index (χ4n) is 2.75. The topological polar surface area (TPSA) is 113 Å². The zero-order valence-electron chi connectivity index (χ0n) is 13.4. The summed E-state index contributed by atoms with van der Waals surface area (Å²) >= 11 is 0. The Balaban J connectivity index is 1.83. The number of amides is 1. The fraction of sp³-hybridized carbons (Fsp3) is 0.429. The monoisotopic (exact) mass is 353 g/mol. The summed E-state index contributed by atoms with van der Waals surface area (Å²) in [5.74, 6) is 0.504. The number of hydrogen-bond donors (Lipinski definition) is 2. The van der Waals surface area contributed by atoms with E-state index < -0.39 is 12.6 Å². The van der Waals surface area contributed by atoms with Crippen molar-refractivity contribution in [1.29, 1.82) is 0 Å². The van der Waals surface area contributed by atoms with E-state index >= 15 is 0 Å². The third-order valence-electron chi connectivity index (χ3n) is 4.14. The minimum absolute atomic E-state index is 0.00543. The van der Waals surface area contributed by atoms with Gasteiger partial charge in [0, 0.05) is 32.4 Å². The van der Waals surface area contributed by atoms with E-state index in [4.69, 9.17) is 10.8 Å². The Morgan fingerprint density at radius 1 is 1.44 bits per heavy atom. The van der Waals surface area contributed by atoms with Crippen LogP contribution >= 0.6 is 0 Å². The highest BCUT2D eigenvalue weighted by Gasteiger charge is 2.29. The van der Waals surface area contributed by atoms with Gasteiger partial charge in [0.25, 0.3) is 0 Å². The van der Waals surface area contributed by atoms with Gasteiger partial charge in [-0.05, 0) is 12.5 Å². The molecule has 2 aromatic rings. The summed E-state index contributed by atoms with van der Waals surface area (Å²) in [6.07, 6.45) is 0.820. The number of halogens is 2. The highest BCUT2D eigenvalue weighted by atomic mass is 19.3. The predicted molar refractivity (Wildman–Crippen MR) is 85.3 cm³/mol. The molecule has 134 valence electrons. The van der Waals surface area contributed by atoms with Gasteiger partial charge in [0.2, 0.25) is 5.95 Å². The third kappa shape index (κ3) is 3.44. The van der Waals surface area contributed by atoms with Crippen LogP contribution in [0.15, 0.2) is 18.3 Å². The molecule has 0 aliphatic carbocycles. The van der Waals surface area contributed by atoms with Gasteiger partial charge in [-0.25, -0.2) is 14.5 Å². The number of nitrogens with two attached hydrogens (primary N) is 1. The first-order valence-corrected chi connectivity index (χ1v) is 7.54. The van der Waals surface area contributed by atoms with Crippen LogP contribution in [-0.2, 0) is 0 Å². The predicted octanol–water partition coefficient (Wildman–Crippen LogP) is 1.51. The van der Waals surface area contributed by atoms with E-state index in [0.29, 0.717) is 35.7 Å². The van der Waals surface area contributed by atoms with E-state index in [0.717, 1.165) is 6.20 Å². The van der Waals surface area contributed by atoms with Gasteiger partial charge < -0.3 is 20.6 Å². The number of nitrogen functional groups attached to an aromatic ring is 1. The number of carbonyl (C=O) groups is 1. The molecular formula is C14H17F2N7O2. The number of hydrogen-bond acceptors (Lipinski definition) is 6. The smallest absolute Gasteiger partial charge is 0.407 e. The van der Waals surface area contributed by atoms with Crippen molar-refractivity contribution in [2.75, 3.05) is 30.8 Å². The molecule has 9 nitrogen and oxygen atoms in total.